The van der Waals surface area contributed by atoms with E-state index in [0.717, 1.165) is 11.3 Å². The van der Waals surface area contributed by atoms with E-state index >= 15 is 0 Å². The fraction of sp³-hybridized carbons (Fsp3) is 0.312. The molecule has 0 N–H and O–H groups in total. The average Bonchev–Trinajstić information content (AvgIpc) is 2.94. The Kier molecular flexibility index (Phi) is 5.27. The predicted molar refractivity (Wildman–Crippen MR) is 84.7 cm³/mol. The molecule has 2 rings (SSSR count). The van der Waals surface area contributed by atoms with Crippen molar-refractivity contribution in [3.63, 3.8) is 0 Å². The highest BCUT2D eigenvalue weighted by Gasteiger charge is 2.22. The third kappa shape index (κ3) is 3.51. The zero-order chi connectivity index (χ0) is 16.1. The zero-order valence-electron chi connectivity index (χ0n) is 12.7. The predicted octanol–water partition coefficient (Wildman–Crippen LogP) is 3.59. The van der Waals surface area contributed by atoms with Crippen LogP contribution in [-0.4, -0.2) is 30.0 Å². The number of rotatable bonds is 6. The summed E-state index contributed by atoms with van der Waals surface area (Å²) in [4.78, 5) is 28.2. The van der Waals surface area contributed by atoms with Gasteiger partial charge >= 0.3 is 5.97 Å². The summed E-state index contributed by atoms with van der Waals surface area (Å²) in [5.74, 6) is -0.000843. The van der Waals surface area contributed by atoms with E-state index in [1.807, 2.05) is 31.2 Å². The van der Waals surface area contributed by atoms with Gasteiger partial charge in [0.15, 0.2) is 11.5 Å². The number of ether oxygens (including phenoxy) is 2. The fourth-order valence-electron chi connectivity index (χ4n) is 1.88. The topological polar surface area (TPSA) is 65.5 Å². The van der Waals surface area contributed by atoms with Crippen molar-refractivity contribution in [3.05, 3.63) is 34.8 Å². The first-order valence-electron chi connectivity index (χ1n) is 6.98. The van der Waals surface area contributed by atoms with Crippen LogP contribution in [0.25, 0.3) is 10.6 Å². The van der Waals surface area contributed by atoms with Crippen LogP contribution in [0.4, 0.5) is 0 Å². The smallest absolute Gasteiger partial charge is 0.358 e. The molecule has 0 radical (unpaired) electrons. The Hall–Kier alpha value is -2.21. The quantitative estimate of drug-likeness (QED) is 0.601. The summed E-state index contributed by atoms with van der Waals surface area (Å²) in [7, 11) is 0. The summed E-state index contributed by atoms with van der Waals surface area (Å²) in [6.07, 6.45) is 0. The number of hydrogen-bond acceptors (Lipinski definition) is 6. The van der Waals surface area contributed by atoms with E-state index in [4.69, 9.17) is 9.47 Å². The molecular weight excluding hydrogens is 302 g/mol. The number of esters is 1. The Morgan fingerprint density at radius 2 is 1.82 bits per heavy atom. The minimum Gasteiger partial charge on any atom is -0.494 e. The number of aromatic nitrogens is 1. The van der Waals surface area contributed by atoms with Gasteiger partial charge in [0.05, 0.1) is 13.2 Å². The summed E-state index contributed by atoms with van der Waals surface area (Å²) >= 11 is 1.19. The summed E-state index contributed by atoms with van der Waals surface area (Å²) in [6.45, 7) is 5.88. The molecule has 2 aromatic rings. The molecule has 6 heteroatoms. The molecule has 0 amide bonds. The average molecular weight is 319 g/mol. The van der Waals surface area contributed by atoms with Crippen molar-refractivity contribution >= 4 is 23.1 Å². The van der Waals surface area contributed by atoms with E-state index in [9.17, 15) is 9.59 Å². The second-order valence-electron chi connectivity index (χ2n) is 4.43. The lowest BCUT2D eigenvalue weighted by Crippen LogP contribution is -2.09. The van der Waals surface area contributed by atoms with E-state index in [2.05, 4.69) is 4.98 Å². The van der Waals surface area contributed by atoms with Gasteiger partial charge in [0.2, 0.25) is 0 Å². The lowest BCUT2D eigenvalue weighted by atomic mass is 10.2. The van der Waals surface area contributed by atoms with Crippen molar-refractivity contribution in [3.8, 4) is 16.3 Å². The summed E-state index contributed by atoms with van der Waals surface area (Å²) in [6, 6.07) is 7.36. The molecular formula is C16H17NO4S. The minimum atomic E-state index is -0.568. The van der Waals surface area contributed by atoms with Crippen molar-refractivity contribution in [1.82, 2.24) is 4.98 Å². The summed E-state index contributed by atoms with van der Waals surface area (Å²) in [5.41, 5.74) is 0.912. The Balaban J connectivity index is 2.37. The fourth-order valence-corrected chi connectivity index (χ4v) is 2.83. The first kappa shape index (κ1) is 16.2. The molecule has 0 aliphatic heterocycles. The van der Waals surface area contributed by atoms with Crippen molar-refractivity contribution in [1.29, 1.82) is 0 Å². The van der Waals surface area contributed by atoms with Gasteiger partial charge in [-0.05, 0) is 38.1 Å². The van der Waals surface area contributed by atoms with Gasteiger partial charge in [0.1, 0.15) is 15.6 Å². The lowest BCUT2D eigenvalue weighted by molar-refractivity contribution is 0.0517. The first-order valence-corrected chi connectivity index (χ1v) is 7.80. The van der Waals surface area contributed by atoms with Crippen molar-refractivity contribution in [2.24, 2.45) is 0 Å². The third-order valence-electron chi connectivity index (χ3n) is 2.83. The molecule has 0 saturated carbocycles. The molecule has 0 atom stereocenters. The number of thiazole rings is 1. The Morgan fingerprint density at radius 1 is 1.14 bits per heavy atom. The molecule has 5 nitrogen and oxygen atoms in total. The van der Waals surface area contributed by atoms with Gasteiger partial charge in [-0.25, -0.2) is 9.78 Å². The number of Topliss-reactive ketones (excluding diaryl/α,β-unsaturated/α-hetero) is 1. The van der Waals surface area contributed by atoms with Crippen molar-refractivity contribution < 1.29 is 19.1 Å². The third-order valence-corrected chi connectivity index (χ3v) is 4.03. The summed E-state index contributed by atoms with van der Waals surface area (Å²) in [5, 5.41) is 0.608. The van der Waals surface area contributed by atoms with Crippen LogP contribution in [0.1, 0.15) is 40.9 Å². The van der Waals surface area contributed by atoms with Gasteiger partial charge in [-0.15, -0.1) is 11.3 Å². The maximum Gasteiger partial charge on any atom is 0.358 e. The molecule has 1 aromatic carbocycles. The number of benzene rings is 1. The van der Waals surface area contributed by atoms with Crippen LogP contribution in [0.3, 0.4) is 0 Å². The van der Waals surface area contributed by atoms with Gasteiger partial charge in [-0.3, -0.25) is 4.79 Å². The molecule has 0 spiro atoms. The largest absolute Gasteiger partial charge is 0.494 e. The lowest BCUT2D eigenvalue weighted by Gasteiger charge is -2.02. The van der Waals surface area contributed by atoms with Crippen LogP contribution in [0.5, 0.6) is 5.75 Å². The van der Waals surface area contributed by atoms with Crippen LogP contribution in [0, 0.1) is 0 Å². The zero-order valence-corrected chi connectivity index (χ0v) is 13.5. The number of carbonyl (C=O) groups excluding carboxylic acids is 2. The van der Waals surface area contributed by atoms with Crippen LogP contribution in [-0.2, 0) is 4.74 Å². The molecule has 0 aliphatic rings. The maximum absolute atomic E-state index is 11.9. The van der Waals surface area contributed by atoms with E-state index in [-0.39, 0.29) is 18.1 Å². The Labute approximate surface area is 132 Å². The second-order valence-corrected chi connectivity index (χ2v) is 5.43. The Morgan fingerprint density at radius 3 is 2.36 bits per heavy atom. The van der Waals surface area contributed by atoms with Crippen LogP contribution in [0.15, 0.2) is 24.3 Å². The molecule has 0 fully saturated rings. The molecule has 22 heavy (non-hydrogen) atoms. The normalized spacial score (nSPS) is 10.3. The molecule has 0 unspecified atom stereocenters. The van der Waals surface area contributed by atoms with Crippen LogP contribution >= 0.6 is 11.3 Å². The van der Waals surface area contributed by atoms with Gasteiger partial charge in [0, 0.05) is 12.5 Å². The highest BCUT2D eigenvalue weighted by atomic mass is 32.1. The number of nitrogens with zero attached hydrogens (tertiary/aromatic N) is 1. The van der Waals surface area contributed by atoms with E-state index in [0.29, 0.717) is 16.5 Å². The number of carbonyl (C=O) groups is 2. The molecule has 0 aliphatic carbocycles. The highest BCUT2D eigenvalue weighted by molar-refractivity contribution is 7.17. The van der Waals surface area contributed by atoms with Crippen LogP contribution in [0.2, 0.25) is 0 Å². The monoisotopic (exact) mass is 319 g/mol. The van der Waals surface area contributed by atoms with E-state index < -0.39 is 5.97 Å². The van der Waals surface area contributed by atoms with Crippen molar-refractivity contribution in [2.45, 2.75) is 20.8 Å². The number of hydrogen-bond donors (Lipinski definition) is 0. The molecule has 0 bridgehead atoms. The van der Waals surface area contributed by atoms with E-state index in [1.54, 1.807) is 6.92 Å². The SMILES string of the molecule is CCOC(=O)c1nc(-c2ccc(OCC)cc2)sc1C(C)=O. The molecule has 1 heterocycles. The van der Waals surface area contributed by atoms with Gasteiger partial charge < -0.3 is 9.47 Å². The minimum absolute atomic E-state index is 0.0863. The Bertz CT molecular complexity index is 676. The van der Waals surface area contributed by atoms with E-state index in [1.165, 1.54) is 18.3 Å². The first-order chi connectivity index (χ1) is 10.6. The highest BCUT2D eigenvalue weighted by Crippen LogP contribution is 2.30. The maximum atomic E-state index is 11.9. The second kappa shape index (κ2) is 7.17. The molecule has 116 valence electrons. The van der Waals surface area contributed by atoms with Gasteiger partial charge in [-0.2, -0.15) is 0 Å². The standard InChI is InChI=1S/C16H17NO4S/c1-4-20-12-8-6-11(7-9-12)15-17-13(16(19)21-5-2)14(22-15)10(3)18/h6-9H,4-5H2,1-3H3. The summed E-state index contributed by atoms with van der Waals surface area (Å²) < 4.78 is 10.3. The van der Waals surface area contributed by atoms with Gasteiger partial charge in [-0.1, -0.05) is 0 Å². The van der Waals surface area contributed by atoms with Gasteiger partial charge in [0.25, 0.3) is 0 Å². The number of ketones is 1. The molecule has 1 aromatic heterocycles. The molecule has 0 saturated heterocycles. The van der Waals surface area contributed by atoms with Crippen LogP contribution < -0.4 is 4.74 Å². The van der Waals surface area contributed by atoms with Crippen molar-refractivity contribution in [2.75, 3.05) is 13.2 Å².